The van der Waals surface area contributed by atoms with Crippen molar-refractivity contribution >= 4 is 41.2 Å². The van der Waals surface area contributed by atoms with Crippen LogP contribution in [0.3, 0.4) is 0 Å². The summed E-state index contributed by atoms with van der Waals surface area (Å²) in [6, 6.07) is 7.94. The maximum absolute atomic E-state index is 6.15. The summed E-state index contributed by atoms with van der Waals surface area (Å²) >= 11 is 12.0. The average Bonchev–Trinajstić information content (AvgIpc) is 3.21. The van der Waals surface area contributed by atoms with E-state index in [4.69, 9.17) is 23.2 Å². The van der Waals surface area contributed by atoms with Gasteiger partial charge in [-0.1, -0.05) is 29.3 Å². The van der Waals surface area contributed by atoms with Crippen LogP contribution in [0.15, 0.2) is 24.3 Å². The van der Waals surface area contributed by atoms with E-state index in [1.165, 1.54) is 12.8 Å². The topological polar surface area (TPSA) is 37.8 Å². The molecule has 108 valence electrons. The van der Waals surface area contributed by atoms with Crippen molar-refractivity contribution in [1.82, 2.24) is 9.97 Å². The maximum atomic E-state index is 6.15. The predicted octanol–water partition coefficient (Wildman–Crippen LogP) is 4.84. The van der Waals surface area contributed by atoms with E-state index in [1.807, 2.05) is 37.3 Å². The zero-order valence-corrected chi connectivity index (χ0v) is 13.1. The lowest BCUT2D eigenvalue weighted by molar-refractivity contribution is 1.04. The van der Waals surface area contributed by atoms with Crippen LogP contribution in [0.4, 0.5) is 5.82 Å². The molecule has 0 atom stereocenters. The Morgan fingerprint density at radius 2 is 1.95 bits per heavy atom. The highest BCUT2D eigenvalue weighted by Gasteiger charge is 2.21. The number of aryl methyl sites for hydroxylation is 1. The van der Waals surface area contributed by atoms with Crippen molar-refractivity contribution in [2.45, 2.75) is 25.8 Å². The third-order valence-corrected chi connectivity index (χ3v) is 3.74. The first-order valence-electron chi connectivity index (χ1n) is 6.85. The minimum absolute atomic E-state index is 0.571. The van der Waals surface area contributed by atoms with E-state index in [-0.39, 0.29) is 0 Å². The number of halogens is 2. The Morgan fingerprint density at radius 1 is 1.14 bits per heavy atom. The molecule has 1 heterocycles. The number of nitrogens with zero attached hydrogens (tertiary/aromatic N) is 2. The van der Waals surface area contributed by atoms with E-state index in [0.29, 0.717) is 21.9 Å². The number of hydrogen-bond acceptors (Lipinski definition) is 3. The van der Waals surface area contributed by atoms with Crippen molar-refractivity contribution in [2.75, 3.05) is 5.32 Å². The van der Waals surface area contributed by atoms with E-state index in [0.717, 1.165) is 17.1 Å². The Balaban J connectivity index is 1.82. The molecule has 3 rings (SSSR count). The van der Waals surface area contributed by atoms with Crippen molar-refractivity contribution in [3.63, 3.8) is 0 Å². The molecule has 0 radical (unpaired) electrons. The second-order valence-electron chi connectivity index (χ2n) is 5.17. The highest BCUT2D eigenvalue weighted by Crippen LogP contribution is 2.25. The van der Waals surface area contributed by atoms with Crippen LogP contribution in [0.25, 0.3) is 12.2 Å². The molecule has 1 N–H and O–H groups in total. The van der Waals surface area contributed by atoms with Gasteiger partial charge in [-0.3, -0.25) is 0 Å². The van der Waals surface area contributed by atoms with Crippen LogP contribution in [0.1, 0.15) is 29.9 Å². The smallest absolute Gasteiger partial charge is 0.154 e. The predicted molar refractivity (Wildman–Crippen MR) is 88.8 cm³/mol. The Hall–Kier alpha value is -1.58. The van der Waals surface area contributed by atoms with Crippen LogP contribution in [0.2, 0.25) is 10.0 Å². The fourth-order valence-electron chi connectivity index (χ4n) is 1.98. The second kappa shape index (κ2) is 6.04. The molecule has 2 aromatic rings. The molecule has 0 unspecified atom stereocenters. The third-order valence-electron chi connectivity index (χ3n) is 3.18. The van der Waals surface area contributed by atoms with Gasteiger partial charge in [-0.15, -0.1) is 0 Å². The molecule has 1 saturated carbocycles. The minimum Gasteiger partial charge on any atom is -0.367 e. The summed E-state index contributed by atoms with van der Waals surface area (Å²) in [5.41, 5.74) is 1.83. The largest absolute Gasteiger partial charge is 0.367 e. The van der Waals surface area contributed by atoms with Gasteiger partial charge in [0.15, 0.2) is 5.82 Å². The summed E-state index contributed by atoms with van der Waals surface area (Å²) < 4.78 is 0. The minimum atomic E-state index is 0.571. The van der Waals surface area contributed by atoms with Crippen molar-refractivity contribution in [3.8, 4) is 0 Å². The molecule has 0 saturated heterocycles. The van der Waals surface area contributed by atoms with Gasteiger partial charge in [-0.2, -0.15) is 0 Å². The van der Waals surface area contributed by atoms with Crippen LogP contribution in [-0.4, -0.2) is 16.0 Å². The molecular formula is C16H15Cl2N3. The quantitative estimate of drug-likeness (QED) is 0.876. The van der Waals surface area contributed by atoms with Crippen molar-refractivity contribution < 1.29 is 0 Å². The third kappa shape index (κ3) is 3.96. The highest BCUT2D eigenvalue weighted by atomic mass is 35.5. The summed E-state index contributed by atoms with van der Waals surface area (Å²) in [5, 5.41) is 4.62. The fraction of sp³-hybridized carbons (Fsp3) is 0.250. The number of benzene rings is 1. The van der Waals surface area contributed by atoms with Gasteiger partial charge in [0.1, 0.15) is 5.82 Å². The van der Waals surface area contributed by atoms with E-state index >= 15 is 0 Å². The summed E-state index contributed by atoms with van der Waals surface area (Å²) in [6.45, 7) is 1.96. The van der Waals surface area contributed by atoms with E-state index in [1.54, 1.807) is 6.07 Å². The lowest BCUT2D eigenvalue weighted by Gasteiger charge is -2.05. The normalized spacial score (nSPS) is 14.6. The number of nitrogens with one attached hydrogen (secondary N) is 1. The first-order valence-corrected chi connectivity index (χ1v) is 7.61. The Morgan fingerprint density at radius 3 is 2.67 bits per heavy atom. The molecule has 3 nitrogen and oxygen atoms in total. The number of rotatable bonds is 4. The van der Waals surface area contributed by atoms with Crippen LogP contribution in [0.5, 0.6) is 0 Å². The molecule has 1 fully saturated rings. The standard InChI is InChI=1S/C16H15Cl2N3/c1-10-8-16(20-13-5-6-13)21-15(19-10)7-3-11-2-4-12(17)9-14(11)18/h2-4,7-9,13H,5-6H2,1H3,(H,19,20,21). The Bertz CT molecular complexity index is 694. The maximum Gasteiger partial charge on any atom is 0.154 e. The molecule has 1 aromatic heterocycles. The summed E-state index contributed by atoms with van der Waals surface area (Å²) in [4.78, 5) is 8.91. The van der Waals surface area contributed by atoms with Crippen molar-refractivity contribution in [2.24, 2.45) is 0 Å². The van der Waals surface area contributed by atoms with Gasteiger partial charge >= 0.3 is 0 Å². The molecule has 1 aliphatic carbocycles. The number of hydrogen-bond donors (Lipinski definition) is 1. The summed E-state index contributed by atoms with van der Waals surface area (Å²) in [7, 11) is 0. The van der Waals surface area contributed by atoms with Gasteiger partial charge in [0.2, 0.25) is 0 Å². The SMILES string of the molecule is Cc1cc(NC2CC2)nc(C=Cc2ccc(Cl)cc2Cl)n1. The average molecular weight is 320 g/mol. The molecule has 5 heteroatoms. The Labute approximate surface area is 134 Å². The molecule has 1 aromatic carbocycles. The molecular weight excluding hydrogens is 305 g/mol. The first-order chi connectivity index (χ1) is 10.1. The molecule has 0 spiro atoms. The molecule has 21 heavy (non-hydrogen) atoms. The molecule has 0 bridgehead atoms. The molecule has 0 amide bonds. The van der Waals surface area contributed by atoms with Gasteiger partial charge < -0.3 is 5.32 Å². The zero-order chi connectivity index (χ0) is 14.8. The zero-order valence-electron chi connectivity index (χ0n) is 11.6. The van der Waals surface area contributed by atoms with Crippen molar-refractivity contribution in [3.05, 3.63) is 51.4 Å². The first kappa shape index (κ1) is 14.4. The van der Waals surface area contributed by atoms with Crippen LogP contribution >= 0.6 is 23.2 Å². The molecule has 1 aliphatic rings. The lowest BCUT2D eigenvalue weighted by atomic mass is 10.2. The number of anilines is 1. The van der Waals surface area contributed by atoms with Gasteiger partial charge in [-0.25, -0.2) is 9.97 Å². The van der Waals surface area contributed by atoms with Gasteiger partial charge in [0.25, 0.3) is 0 Å². The van der Waals surface area contributed by atoms with Crippen LogP contribution in [-0.2, 0) is 0 Å². The second-order valence-corrected chi connectivity index (χ2v) is 6.01. The lowest BCUT2D eigenvalue weighted by Crippen LogP contribution is -2.05. The Kier molecular flexibility index (Phi) is 4.13. The van der Waals surface area contributed by atoms with E-state index in [2.05, 4.69) is 15.3 Å². The van der Waals surface area contributed by atoms with Gasteiger partial charge in [0, 0.05) is 27.8 Å². The van der Waals surface area contributed by atoms with E-state index in [9.17, 15) is 0 Å². The molecule has 0 aliphatic heterocycles. The summed E-state index contributed by atoms with van der Waals surface area (Å²) in [5.74, 6) is 1.55. The van der Waals surface area contributed by atoms with Crippen LogP contribution < -0.4 is 5.32 Å². The van der Waals surface area contributed by atoms with Crippen molar-refractivity contribution in [1.29, 1.82) is 0 Å². The fourth-order valence-corrected chi connectivity index (χ4v) is 2.45. The number of aromatic nitrogens is 2. The highest BCUT2D eigenvalue weighted by molar-refractivity contribution is 6.35. The monoisotopic (exact) mass is 319 g/mol. The van der Waals surface area contributed by atoms with Gasteiger partial charge in [-0.05, 0) is 49.6 Å². The van der Waals surface area contributed by atoms with E-state index < -0.39 is 0 Å². The van der Waals surface area contributed by atoms with Crippen LogP contribution in [0, 0.1) is 6.92 Å². The summed E-state index contributed by atoms with van der Waals surface area (Å²) in [6.07, 6.45) is 6.19. The van der Waals surface area contributed by atoms with Gasteiger partial charge in [0.05, 0.1) is 0 Å².